The lowest BCUT2D eigenvalue weighted by Gasteiger charge is -2.07. The predicted molar refractivity (Wildman–Crippen MR) is 63.3 cm³/mol. The van der Waals surface area contributed by atoms with E-state index in [4.69, 9.17) is 0 Å². The third-order valence-electron chi connectivity index (χ3n) is 2.67. The average Bonchev–Trinajstić information content (AvgIpc) is 2.70. The molecule has 0 atom stereocenters. The Morgan fingerprint density at radius 2 is 2.00 bits per heavy atom. The van der Waals surface area contributed by atoms with Gasteiger partial charge < -0.3 is 0 Å². The van der Waals surface area contributed by atoms with Crippen LogP contribution in [-0.2, 0) is 6.18 Å². The molecule has 0 spiro atoms. The van der Waals surface area contributed by atoms with E-state index in [2.05, 4.69) is 10.1 Å². The van der Waals surface area contributed by atoms with E-state index in [1.165, 1.54) is 6.07 Å². The van der Waals surface area contributed by atoms with E-state index in [9.17, 15) is 18.0 Å². The van der Waals surface area contributed by atoms with Crippen LogP contribution in [0.3, 0.4) is 0 Å². The number of nitrogens with one attached hydrogen (secondary N) is 1. The van der Waals surface area contributed by atoms with Gasteiger partial charge in [-0.05, 0) is 18.1 Å². The van der Waals surface area contributed by atoms with E-state index >= 15 is 0 Å². The molecule has 0 aliphatic carbocycles. The Morgan fingerprint density at radius 3 is 2.42 bits per heavy atom. The first-order valence-electron chi connectivity index (χ1n) is 5.64. The SMILES string of the molecule is CC(C)c1cc(=O)n(-c2ccc(C(F)(F)F)cn2)[nH]1. The minimum Gasteiger partial charge on any atom is -0.293 e. The van der Waals surface area contributed by atoms with Crippen molar-refractivity contribution in [3.63, 3.8) is 0 Å². The topological polar surface area (TPSA) is 50.7 Å². The molecule has 2 rings (SSSR count). The Balaban J connectivity index is 2.40. The normalized spacial score (nSPS) is 12.1. The van der Waals surface area contributed by atoms with Crippen molar-refractivity contribution in [2.75, 3.05) is 0 Å². The lowest BCUT2D eigenvalue weighted by atomic mass is 10.1. The molecule has 2 heterocycles. The molecule has 2 aromatic heterocycles. The summed E-state index contributed by atoms with van der Waals surface area (Å²) in [6.45, 7) is 3.80. The van der Waals surface area contributed by atoms with Gasteiger partial charge in [0.15, 0.2) is 5.82 Å². The number of aromatic nitrogens is 3. The van der Waals surface area contributed by atoms with Crippen LogP contribution < -0.4 is 5.56 Å². The van der Waals surface area contributed by atoms with Crippen molar-refractivity contribution in [2.24, 2.45) is 0 Å². The zero-order valence-electron chi connectivity index (χ0n) is 10.3. The molecule has 1 N–H and O–H groups in total. The second kappa shape index (κ2) is 4.56. The smallest absolute Gasteiger partial charge is 0.293 e. The molecular weight excluding hydrogens is 259 g/mol. The van der Waals surface area contributed by atoms with E-state index in [1.807, 2.05) is 13.8 Å². The number of rotatable bonds is 2. The Hall–Kier alpha value is -2.05. The Bertz CT molecular complexity index is 623. The molecule has 0 radical (unpaired) electrons. The van der Waals surface area contributed by atoms with Crippen LogP contribution in [0, 0.1) is 0 Å². The highest BCUT2D eigenvalue weighted by Gasteiger charge is 2.30. The highest BCUT2D eigenvalue weighted by molar-refractivity contribution is 5.26. The molecule has 0 aliphatic heterocycles. The fraction of sp³-hybridized carbons (Fsp3) is 0.333. The second-order valence-electron chi connectivity index (χ2n) is 4.44. The molecule has 0 aliphatic rings. The van der Waals surface area contributed by atoms with Gasteiger partial charge in [0.05, 0.1) is 5.56 Å². The quantitative estimate of drug-likeness (QED) is 0.913. The van der Waals surface area contributed by atoms with Crippen molar-refractivity contribution in [3.8, 4) is 5.82 Å². The monoisotopic (exact) mass is 271 g/mol. The molecule has 0 amide bonds. The van der Waals surface area contributed by atoms with Crippen LogP contribution >= 0.6 is 0 Å². The van der Waals surface area contributed by atoms with Crippen molar-refractivity contribution in [1.29, 1.82) is 0 Å². The number of pyridine rings is 1. The standard InChI is InChI=1S/C12H12F3N3O/c1-7(2)9-5-11(19)18(17-9)10-4-3-8(6-16-10)12(13,14)15/h3-7,17H,1-2H3. The molecule has 7 heteroatoms. The van der Waals surface area contributed by atoms with E-state index in [0.717, 1.165) is 16.8 Å². The zero-order chi connectivity index (χ0) is 14.2. The summed E-state index contributed by atoms with van der Waals surface area (Å²) in [7, 11) is 0. The highest BCUT2D eigenvalue weighted by atomic mass is 19.4. The van der Waals surface area contributed by atoms with Crippen LogP contribution in [0.15, 0.2) is 29.2 Å². The van der Waals surface area contributed by atoms with Crippen molar-refractivity contribution in [3.05, 3.63) is 46.0 Å². The third-order valence-corrected chi connectivity index (χ3v) is 2.67. The maximum atomic E-state index is 12.4. The van der Waals surface area contributed by atoms with Gasteiger partial charge in [-0.1, -0.05) is 13.8 Å². The highest BCUT2D eigenvalue weighted by Crippen LogP contribution is 2.28. The first kappa shape index (κ1) is 13.4. The summed E-state index contributed by atoms with van der Waals surface area (Å²) in [6.07, 6.45) is -3.73. The molecule has 0 bridgehead atoms. The molecule has 4 nitrogen and oxygen atoms in total. The number of halogens is 3. The summed E-state index contributed by atoms with van der Waals surface area (Å²) in [4.78, 5) is 15.4. The van der Waals surface area contributed by atoms with Crippen LogP contribution in [0.1, 0.15) is 31.0 Å². The number of nitrogens with zero attached hydrogens (tertiary/aromatic N) is 2. The fourth-order valence-corrected chi connectivity index (χ4v) is 1.57. The summed E-state index contributed by atoms with van der Waals surface area (Å²) < 4.78 is 38.3. The van der Waals surface area contributed by atoms with Gasteiger partial charge in [-0.2, -0.15) is 13.2 Å². The number of hydrogen-bond acceptors (Lipinski definition) is 2. The van der Waals surface area contributed by atoms with Crippen LogP contribution in [0.4, 0.5) is 13.2 Å². The minimum absolute atomic E-state index is 0.114. The number of aromatic amines is 1. The molecule has 0 aromatic carbocycles. The molecular formula is C12H12F3N3O. The summed E-state index contributed by atoms with van der Waals surface area (Å²) in [5, 5.41) is 2.82. The van der Waals surface area contributed by atoms with Gasteiger partial charge in [0.2, 0.25) is 0 Å². The zero-order valence-corrected chi connectivity index (χ0v) is 10.3. The van der Waals surface area contributed by atoms with Crippen LogP contribution in [0.25, 0.3) is 5.82 Å². The first-order valence-corrected chi connectivity index (χ1v) is 5.64. The van der Waals surface area contributed by atoms with E-state index in [0.29, 0.717) is 11.9 Å². The van der Waals surface area contributed by atoms with Gasteiger partial charge >= 0.3 is 6.18 Å². The van der Waals surface area contributed by atoms with Crippen molar-refractivity contribution < 1.29 is 13.2 Å². The fourth-order valence-electron chi connectivity index (χ4n) is 1.57. The van der Waals surface area contributed by atoms with Gasteiger partial charge in [-0.3, -0.25) is 9.89 Å². The number of H-pyrrole nitrogens is 1. The van der Waals surface area contributed by atoms with Gasteiger partial charge in [0.25, 0.3) is 5.56 Å². The summed E-state index contributed by atoms with van der Waals surface area (Å²) in [5.74, 6) is 0.244. The minimum atomic E-state index is -4.44. The summed E-state index contributed by atoms with van der Waals surface area (Å²) in [6, 6.07) is 3.46. The summed E-state index contributed by atoms with van der Waals surface area (Å²) in [5.41, 5.74) is -0.498. The maximum absolute atomic E-state index is 12.4. The molecule has 0 saturated carbocycles. The van der Waals surface area contributed by atoms with Crippen molar-refractivity contribution in [1.82, 2.24) is 14.8 Å². The number of alkyl halides is 3. The maximum Gasteiger partial charge on any atom is 0.417 e. The van der Waals surface area contributed by atoms with Gasteiger partial charge in [-0.15, -0.1) is 0 Å². The lowest BCUT2D eigenvalue weighted by Crippen LogP contribution is -2.15. The van der Waals surface area contributed by atoms with Gasteiger partial charge in [-0.25, -0.2) is 9.67 Å². The lowest BCUT2D eigenvalue weighted by molar-refractivity contribution is -0.137. The van der Waals surface area contributed by atoms with Gasteiger partial charge in [0, 0.05) is 18.0 Å². The average molecular weight is 271 g/mol. The third kappa shape index (κ3) is 2.69. The Kier molecular flexibility index (Phi) is 3.21. The van der Waals surface area contributed by atoms with Crippen LogP contribution in [0.5, 0.6) is 0 Å². The molecule has 102 valence electrons. The van der Waals surface area contributed by atoms with Crippen LogP contribution in [0.2, 0.25) is 0 Å². The van der Waals surface area contributed by atoms with E-state index < -0.39 is 11.7 Å². The molecule has 19 heavy (non-hydrogen) atoms. The second-order valence-corrected chi connectivity index (χ2v) is 4.44. The summed E-state index contributed by atoms with van der Waals surface area (Å²) >= 11 is 0. The Morgan fingerprint density at radius 1 is 1.32 bits per heavy atom. The Labute approximate surface area is 106 Å². The molecule has 0 saturated heterocycles. The largest absolute Gasteiger partial charge is 0.417 e. The van der Waals surface area contributed by atoms with Gasteiger partial charge in [0.1, 0.15) is 0 Å². The van der Waals surface area contributed by atoms with E-state index in [-0.39, 0.29) is 17.3 Å². The van der Waals surface area contributed by atoms with Crippen LogP contribution in [-0.4, -0.2) is 14.8 Å². The van der Waals surface area contributed by atoms with Crippen molar-refractivity contribution in [2.45, 2.75) is 25.9 Å². The predicted octanol–water partition coefficient (Wildman–Crippen LogP) is 2.70. The molecule has 2 aromatic rings. The van der Waals surface area contributed by atoms with E-state index in [1.54, 1.807) is 0 Å². The number of hydrogen-bond donors (Lipinski definition) is 1. The van der Waals surface area contributed by atoms with Crippen molar-refractivity contribution >= 4 is 0 Å². The molecule has 0 fully saturated rings. The molecule has 0 unspecified atom stereocenters. The first-order chi connectivity index (χ1) is 8.79.